The van der Waals surface area contributed by atoms with E-state index in [1.165, 1.54) is 0 Å². The molecule has 0 saturated carbocycles. The molecule has 1 amide bonds. The second-order valence-electron chi connectivity index (χ2n) is 3.23. The Bertz CT molecular complexity index is 179. The van der Waals surface area contributed by atoms with E-state index >= 15 is 0 Å². The first-order chi connectivity index (χ1) is 5.77. The first kappa shape index (κ1) is 9.26. The van der Waals surface area contributed by atoms with Gasteiger partial charge in [0.05, 0.1) is 0 Å². The lowest BCUT2D eigenvalue weighted by Crippen LogP contribution is -2.42. The normalized spacial score (nSPS) is 24.2. The third kappa shape index (κ3) is 2.08. The first-order valence-electron chi connectivity index (χ1n) is 4.36. The van der Waals surface area contributed by atoms with Gasteiger partial charge in [-0.1, -0.05) is 6.08 Å². The predicted octanol–water partition coefficient (Wildman–Crippen LogP) is 0.370. The van der Waals surface area contributed by atoms with Crippen molar-refractivity contribution in [3.8, 4) is 0 Å². The third-order valence-corrected chi connectivity index (χ3v) is 2.28. The summed E-state index contributed by atoms with van der Waals surface area (Å²) in [6.45, 7) is 5.77. The summed E-state index contributed by atoms with van der Waals surface area (Å²) in [4.78, 5) is 13.1. The number of amides is 1. The van der Waals surface area contributed by atoms with Crippen LogP contribution in [0.5, 0.6) is 0 Å². The maximum atomic E-state index is 11.3. The lowest BCUT2D eigenvalue weighted by atomic mass is 9.98. The fraction of sp³-hybridized carbons (Fsp3) is 0.667. The summed E-state index contributed by atoms with van der Waals surface area (Å²) in [5, 5.41) is 0. The fourth-order valence-electron chi connectivity index (χ4n) is 1.52. The number of carbonyl (C=O) groups excluding carboxylic acids is 1. The van der Waals surface area contributed by atoms with Gasteiger partial charge in [-0.05, 0) is 18.9 Å². The monoisotopic (exact) mass is 168 g/mol. The maximum absolute atomic E-state index is 11.3. The molecule has 1 aliphatic rings. The molecule has 0 radical (unpaired) electrons. The van der Waals surface area contributed by atoms with Crippen LogP contribution in [0.4, 0.5) is 0 Å². The average molecular weight is 168 g/mol. The molecule has 0 bridgehead atoms. The Morgan fingerprint density at radius 1 is 1.75 bits per heavy atom. The Morgan fingerprint density at radius 2 is 2.50 bits per heavy atom. The van der Waals surface area contributed by atoms with Crippen LogP contribution in [0.15, 0.2) is 12.7 Å². The predicted molar refractivity (Wildman–Crippen MR) is 48.6 cm³/mol. The maximum Gasteiger partial charge on any atom is 0.222 e. The van der Waals surface area contributed by atoms with Gasteiger partial charge < -0.3 is 10.6 Å². The molecule has 1 aliphatic heterocycles. The quantitative estimate of drug-likeness (QED) is 0.619. The molecule has 0 aromatic carbocycles. The smallest absolute Gasteiger partial charge is 0.222 e. The van der Waals surface area contributed by atoms with Crippen LogP contribution in [0.25, 0.3) is 0 Å². The summed E-state index contributed by atoms with van der Waals surface area (Å²) >= 11 is 0. The summed E-state index contributed by atoms with van der Waals surface area (Å²) in [7, 11) is 0. The molecule has 1 atom stereocenters. The molecule has 0 spiro atoms. The minimum Gasteiger partial charge on any atom is -0.339 e. The van der Waals surface area contributed by atoms with Gasteiger partial charge in [-0.3, -0.25) is 4.79 Å². The molecule has 3 nitrogen and oxygen atoms in total. The standard InChI is InChI=1S/C9H16N2O/c1-2-5-11-7-8(6-10)3-4-9(11)12/h2,8H,1,3-7,10H2. The van der Waals surface area contributed by atoms with E-state index in [2.05, 4.69) is 6.58 Å². The molecule has 1 heterocycles. The van der Waals surface area contributed by atoms with Gasteiger partial charge in [-0.15, -0.1) is 6.58 Å². The van der Waals surface area contributed by atoms with Crippen LogP contribution in [-0.2, 0) is 4.79 Å². The summed E-state index contributed by atoms with van der Waals surface area (Å²) in [6.07, 6.45) is 3.36. The molecule has 0 aromatic heterocycles. The van der Waals surface area contributed by atoms with E-state index in [0.717, 1.165) is 13.0 Å². The molecular formula is C9H16N2O. The Morgan fingerprint density at radius 3 is 3.08 bits per heavy atom. The average Bonchev–Trinajstić information content (AvgIpc) is 2.09. The number of piperidine rings is 1. The zero-order chi connectivity index (χ0) is 8.97. The van der Waals surface area contributed by atoms with Crippen molar-refractivity contribution < 1.29 is 4.79 Å². The SMILES string of the molecule is C=CCN1CC(CN)CCC1=O. The van der Waals surface area contributed by atoms with Gasteiger partial charge in [0.1, 0.15) is 0 Å². The molecule has 1 rings (SSSR count). The van der Waals surface area contributed by atoms with Gasteiger partial charge in [-0.2, -0.15) is 0 Å². The number of rotatable bonds is 3. The highest BCUT2D eigenvalue weighted by Crippen LogP contribution is 2.15. The number of carbonyl (C=O) groups is 1. The summed E-state index contributed by atoms with van der Waals surface area (Å²) in [6, 6.07) is 0. The zero-order valence-corrected chi connectivity index (χ0v) is 7.33. The molecular weight excluding hydrogens is 152 g/mol. The zero-order valence-electron chi connectivity index (χ0n) is 7.33. The van der Waals surface area contributed by atoms with E-state index in [9.17, 15) is 4.79 Å². The van der Waals surface area contributed by atoms with E-state index in [1.54, 1.807) is 6.08 Å². The van der Waals surface area contributed by atoms with E-state index in [0.29, 0.717) is 25.4 Å². The van der Waals surface area contributed by atoms with Crippen LogP contribution < -0.4 is 5.73 Å². The minimum absolute atomic E-state index is 0.236. The molecule has 68 valence electrons. The molecule has 0 aromatic rings. The third-order valence-electron chi connectivity index (χ3n) is 2.28. The van der Waals surface area contributed by atoms with Crippen molar-refractivity contribution >= 4 is 5.91 Å². The van der Waals surface area contributed by atoms with Gasteiger partial charge in [0.25, 0.3) is 0 Å². The van der Waals surface area contributed by atoms with Gasteiger partial charge in [-0.25, -0.2) is 0 Å². The summed E-state index contributed by atoms with van der Waals surface area (Å²) in [5.41, 5.74) is 5.54. The largest absolute Gasteiger partial charge is 0.339 e. The molecule has 12 heavy (non-hydrogen) atoms. The number of hydrogen-bond donors (Lipinski definition) is 1. The topological polar surface area (TPSA) is 46.3 Å². The highest BCUT2D eigenvalue weighted by Gasteiger charge is 2.23. The van der Waals surface area contributed by atoms with Gasteiger partial charge in [0.2, 0.25) is 5.91 Å². The number of likely N-dealkylation sites (tertiary alicyclic amines) is 1. The van der Waals surface area contributed by atoms with Gasteiger partial charge >= 0.3 is 0 Å². The van der Waals surface area contributed by atoms with Crippen LogP contribution in [0.1, 0.15) is 12.8 Å². The number of hydrogen-bond acceptors (Lipinski definition) is 2. The number of nitrogens with zero attached hydrogens (tertiary/aromatic N) is 1. The van der Waals surface area contributed by atoms with E-state index < -0.39 is 0 Å². The Kier molecular flexibility index (Phi) is 3.29. The second-order valence-corrected chi connectivity index (χ2v) is 3.23. The van der Waals surface area contributed by atoms with Crippen molar-refractivity contribution in [3.63, 3.8) is 0 Å². The highest BCUT2D eigenvalue weighted by atomic mass is 16.2. The van der Waals surface area contributed by atoms with Crippen molar-refractivity contribution in [2.45, 2.75) is 12.8 Å². The highest BCUT2D eigenvalue weighted by molar-refractivity contribution is 5.77. The van der Waals surface area contributed by atoms with Crippen molar-refractivity contribution in [3.05, 3.63) is 12.7 Å². The van der Waals surface area contributed by atoms with Gasteiger partial charge in [0.15, 0.2) is 0 Å². The first-order valence-corrected chi connectivity index (χ1v) is 4.36. The lowest BCUT2D eigenvalue weighted by Gasteiger charge is -2.31. The summed E-state index contributed by atoms with van der Waals surface area (Å²) < 4.78 is 0. The fourth-order valence-corrected chi connectivity index (χ4v) is 1.52. The van der Waals surface area contributed by atoms with Crippen LogP contribution in [0.2, 0.25) is 0 Å². The van der Waals surface area contributed by atoms with Crippen LogP contribution in [-0.4, -0.2) is 30.4 Å². The molecule has 1 saturated heterocycles. The number of nitrogens with two attached hydrogens (primary N) is 1. The van der Waals surface area contributed by atoms with Crippen LogP contribution >= 0.6 is 0 Å². The lowest BCUT2D eigenvalue weighted by molar-refractivity contribution is -0.134. The molecule has 2 N–H and O–H groups in total. The van der Waals surface area contributed by atoms with E-state index in [4.69, 9.17) is 5.73 Å². The van der Waals surface area contributed by atoms with Crippen molar-refractivity contribution in [2.75, 3.05) is 19.6 Å². The van der Waals surface area contributed by atoms with Gasteiger partial charge in [0, 0.05) is 19.5 Å². The van der Waals surface area contributed by atoms with Crippen molar-refractivity contribution in [2.24, 2.45) is 11.7 Å². The second kappa shape index (κ2) is 4.26. The Labute approximate surface area is 73.2 Å². The van der Waals surface area contributed by atoms with Crippen molar-refractivity contribution in [1.29, 1.82) is 0 Å². The van der Waals surface area contributed by atoms with Crippen LogP contribution in [0, 0.1) is 5.92 Å². The molecule has 1 unspecified atom stereocenters. The minimum atomic E-state index is 0.236. The summed E-state index contributed by atoms with van der Waals surface area (Å²) in [5.74, 6) is 0.724. The molecule has 0 aliphatic carbocycles. The Hall–Kier alpha value is -0.830. The van der Waals surface area contributed by atoms with Crippen molar-refractivity contribution in [1.82, 2.24) is 4.90 Å². The van der Waals surface area contributed by atoms with E-state index in [-0.39, 0.29) is 5.91 Å². The van der Waals surface area contributed by atoms with Crippen LogP contribution in [0.3, 0.4) is 0 Å². The van der Waals surface area contributed by atoms with E-state index in [1.807, 2.05) is 4.90 Å². The molecule has 1 fully saturated rings. The Balaban J connectivity index is 2.46. The molecule has 3 heteroatoms.